The summed E-state index contributed by atoms with van der Waals surface area (Å²) >= 11 is 0. The van der Waals surface area contributed by atoms with Gasteiger partial charge in [0.1, 0.15) is 6.10 Å². The summed E-state index contributed by atoms with van der Waals surface area (Å²) in [4.78, 5) is 4.43. The van der Waals surface area contributed by atoms with Crippen molar-refractivity contribution in [3.63, 3.8) is 0 Å². The van der Waals surface area contributed by atoms with Crippen LogP contribution in [0.15, 0.2) is 4.52 Å². The van der Waals surface area contributed by atoms with Crippen LogP contribution < -0.4 is 5.32 Å². The molecule has 1 saturated carbocycles. The lowest BCUT2D eigenvalue weighted by atomic mass is 9.95. The van der Waals surface area contributed by atoms with E-state index in [0.29, 0.717) is 11.9 Å². The quantitative estimate of drug-likeness (QED) is 0.822. The maximum Gasteiger partial charge on any atom is 0.228 e. The first kappa shape index (κ1) is 14.5. The van der Waals surface area contributed by atoms with Crippen LogP contribution in [0.25, 0.3) is 0 Å². The molecule has 1 aliphatic carbocycles. The van der Waals surface area contributed by atoms with Gasteiger partial charge in [0, 0.05) is 19.6 Å². The van der Waals surface area contributed by atoms with Gasteiger partial charge in [-0.15, -0.1) is 0 Å². The predicted octanol–water partition coefficient (Wildman–Crippen LogP) is 2.49. The molecule has 0 spiro atoms. The van der Waals surface area contributed by atoms with Crippen molar-refractivity contribution in [3.05, 3.63) is 11.7 Å². The van der Waals surface area contributed by atoms with Gasteiger partial charge in [-0.3, -0.25) is 0 Å². The molecule has 1 fully saturated rings. The van der Waals surface area contributed by atoms with E-state index in [0.717, 1.165) is 24.8 Å². The van der Waals surface area contributed by atoms with Crippen molar-refractivity contribution in [3.8, 4) is 0 Å². The van der Waals surface area contributed by atoms with E-state index < -0.39 is 0 Å². The highest BCUT2D eigenvalue weighted by molar-refractivity contribution is 4.94. The number of ether oxygens (including phenoxy) is 1. The second kappa shape index (κ2) is 7.01. The highest BCUT2D eigenvalue weighted by Crippen LogP contribution is 2.29. The van der Waals surface area contributed by atoms with Crippen molar-refractivity contribution < 1.29 is 9.26 Å². The van der Waals surface area contributed by atoms with Gasteiger partial charge in [-0.2, -0.15) is 4.98 Å². The van der Waals surface area contributed by atoms with Crippen LogP contribution >= 0.6 is 0 Å². The zero-order valence-corrected chi connectivity index (χ0v) is 12.2. The van der Waals surface area contributed by atoms with Crippen molar-refractivity contribution in [1.29, 1.82) is 0 Å². The Kier molecular flexibility index (Phi) is 5.34. The molecular weight excluding hydrogens is 242 g/mol. The number of hydrogen-bond acceptors (Lipinski definition) is 5. The van der Waals surface area contributed by atoms with E-state index in [-0.39, 0.29) is 6.10 Å². The number of likely N-dealkylation sites (N-methyl/N-ethyl adjacent to an activating group) is 1. The van der Waals surface area contributed by atoms with E-state index in [4.69, 9.17) is 9.26 Å². The van der Waals surface area contributed by atoms with Crippen molar-refractivity contribution in [2.45, 2.75) is 58.1 Å². The molecule has 2 atom stereocenters. The Morgan fingerprint density at radius 3 is 2.79 bits per heavy atom. The molecule has 0 radical (unpaired) electrons. The van der Waals surface area contributed by atoms with Gasteiger partial charge in [0.15, 0.2) is 5.82 Å². The molecule has 1 aromatic rings. The third-order valence-corrected chi connectivity index (χ3v) is 4.03. The Morgan fingerprint density at radius 2 is 2.16 bits per heavy atom. The second-order valence-electron chi connectivity index (χ2n) is 5.34. The number of rotatable bonds is 7. The van der Waals surface area contributed by atoms with Crippen molar-refractivity contribution in [1.82, 2.24) is 15.5 Å². The van der Waals surface area contributed by atoms with Crippen LogP contribution in [0.4, 0.5) is 0 Å². The van der Waals surface area contributed by atoms with Crippen LogP contribution in [0.2, 0.25) is 0 Å². The van der Waals surface area contributed by atoms with E-state index in [1.165, 1.54) is 25.7 Å². The minimum Gasteiger partial charge on any atom is -0.374 e. The highest BCUT2D eigenvalue weighted by atomic mass is 16.5. The largest absolute Gasteiger partial charge is 0.374 e. The smallest absolute Gasteiger partial charge is 0.228 e. The molecule has 0 saturated heterocycles. The fraction of sp³-hybridized carbons (Fsp3) is 0.857. The minimum atomic E-state index is -0.110. The Balaban J connectivity index is 1.97. The van der Waals surface area contributed by atoms with Crippen LogP contribution in [-0.2, 0) is 11.2 Å². The summed E-state index contributed by atoms with van der Waals surface area (Å²) in [6, 6.07) is 0.457. The van der Waals surface area contributed by atoms with Gasteiger partial charge >= 0.3 is 0 Å². The fourth-order valence-electron chi connectivity index (χ4n) is 2.84. The predicted molar refractivity (Wildman–Crippen MR) is 72.8 cm³/mol. The summed E-state index contributed by atoms with van der Waals surface area (Å²) < 4.78 is 10.5. The third kappa shape index (κ3) is 3.76. The molecule has 1 N–H and O–H groups in total. The molecule has 0 bridgehead atoms. The Labute approximate surface area is 115 Å². The number of methoxy groups -OCH3 is 1. The zero-order chi connectivity index (χ0) is 13.7. The van der Waals surface area contributed by atoms with Gasteiger partial charge in [-0.05, 0) is 32.2 Å². The first-order chi connectivity index (χ1) is 9.24. The molecule has 108 valence electrons. The first-order valence-corrected chi connectivity index (χ1v) is 7.33. The van der Waals surface area contributed by atoms with Gasteiger partial charge in [-0.25, -0.2) is 0 Å². The molecular formula is C14H25N3O2. The highest BCUT2D eigenvalue weighted by Gasteiger charge is 2.26. The summed E-state index contributed by atoms with van der Waals surface area (Å²) in [7, 11) is 1.65. The lowest BCUT2D eigenvalue weighted by molar-refractivity contribution is 0.109. The van der Waals surface area contributed by atoms with Gasteiger partial charge in [-0.1, -0.05) is 24.9 Å². The van der Waals surface area contributed by atoms with Crippen LogP contribution in [0, 0.1) is 5.92 Å². The average molecular weight is 267 g/mol. The van der Waals surface area contributed by atoms with E-state index in [9.17, 15) is 0 Å². The van der Waals surface area contributed by atoms with E-state index >= 15 is 0 Å². The molecule has 0 amide bonds. The van der Waals surface area contributed by atoms with Gasteiger partial charge in [0.25, 0.3) is 0 Å². The standard InChI is InChI=1S/C14H25N3O2/c1-4-15-12(11-7-5-6-8-11)9-13-16-14(17-19-13)10(2)18-3/h10-12,15H,4-9H2,1-3H3. The second-order valence-corrected chi connectivity index (χ2v) is 5.34. The molecule has 2 unspecified atom stereocenters. The third-order valence-electron chi connectivity index (χ3n) is 4.03. The Hall–Kier alpha value is -0.940. The molecule has 1 heterocycles. The molecule has 1 aliphatic rings. The lowest BCUT2D eigenvalue weighted by Crippen LogP contribution is -2.37. The molecule has 1 aromatic heterocycles. The topological polar surface area (TPSA) is 60.2 Å². The Bertz CT molecular complexity index is 375. The van der Waals surface area contributed by atoms with Gasteiger partial charge in [0.05, 0.1) is 0 Å². The van der Waals surface area contributed by atoms with Crippen molar-refractivity contribution in [2.75, 3.05) is 13.7 Å². The monoisotopic (exact) mass is 267 g/mol. The molecule has 5 nitrogen and oxygen atoms in total. The normalized spacial score (nSPS) is 19.7. The van der Waals surface area contributed by atoms with E-state index in [2.05, 4.69) is 22.4 Å². The maximum absolute atomic E-state index is 5.34. The summed E-state index contributed by atoms with van der Waals surface area (Å²) in [6.07, 6.45) is 6.04. The average Bonchev–Trinajstić information content (AvgIpc) is 3.08. The molecule has 0 aliphatic heterocycles. The molecule has 5 heteroatoms. The van der Waals surface area contributed by atoms with Crippen molar-refractivity contribution >= 4 is 0 Å². The minimum absolute atomic E-state index is 0.110. The maximum atomic E-state index is 5.34. The number of nitrogens with one attached hydrogen (secondary N) is 1. The van der Waals surface area contributed by atoms with E-state index in [1.54, 1.807) is 7.11 Å². The van der Waals surface area contributed by atoms with E-state index in [1.807, 2.05) is 6.92 Å². The molecule has 2 rings (SSSR count). The van der Waals surface area contributed by atoms with Gasteiger partial charge < -0.3 is 14.6 Å². The SMILES string of the molecule is CCNC(Cc1nc(C(C)OC)no1)C1CCCC1. The van der Waals surface area contributed by atoms with Crippen LogP contribution in [0.1, 0.15) is 57.3 Å². The van der Waals surface area contributed by atoms with Gasteiger partial charge in [0.2, 0.25) is 5.89 Å². The summed E-state index contributed by atoms with van der Waals surface area (Å²) in [6.45, 7) is 5.05. The molecule has 0 aromatic carbocycles. The van der Waals surface area contributed by atoms with Crippen LogP contribution in [0.3, 0.4) is 0 Å². The van der Waals surface area contributed by atoms with Crippen LogP contribution in [0.5, 0.6) is 0 Å². The number of hydrogen-bond donors (Lipinski definition) is 1. The Morgan fingerprint density at radius 1 is 1.42 bits per heavy atom. The fourth-order valence-corrected chi connectivity index (χ4v) is 2.84. The lowest BCUT2D eigenvalue weighted by Gasteiger charge is -2.22. The van der Waals surface area contributed by atoms with Crippen LogP contribution in [-0.4, -0.2) is 29.8 Å². The zero-order valence-electron chi connectivity index (χ0n) is 12.2. The first-order valence-electron chi connectivity index (χ1n) is 7.33. The number of nitrogens with zero attached hydrogens (tertiary/aromatic N) is 2. The van der Waals surface area contributed by atoms with Crippen molar-refractivity contribution in [2.24, 2.45) is 5.92 Å². The summed E-state index contributed by atoms with van der Waals surface area (Å²) in [5.41, 5.74) is 0. The molecule has 19 heavy (non-hydrogen) atoms. The number of aromatic nitrogens is 2. The summed E-state index contributed by atoms with van der Waals surface area (Å²) in [5.74, 6) is 2.10. The summed E-state index contributed by atoms with van der Waals surface area (Å²) in [5, 5.41) is 7.55.